The number of hydrogen-bond donors (Lipinski definition) is 3. The molecule has 0 aromatic heterocycles. The number of benzene rings is 1. The second-order valence-corrected chi connectivity index (χ2v) is 3.57. The molecular formula is C11H11F2NO4. The summed E-state index contributed by atoms with van der Waals surface area (Å²) in [4.78, 5) is 21.9. The number of carboxylic acid groups (broad SMARTS) is 1. The van der Waals surface area contributed by atoms with E-state index >= 15 is 0 Å². The molecule has 1 amide bonds. The van der Waals surface area contributed by atoms with Crippen molar-refractivity contribution in [3.05, 3.63) is 35.4 Å². The summed E-state index contributed by atoms with van der Waals surface area (Å²) in [6, 6.07) is 1.53. The van der Waals surface area contributed by atoms with E-state index in [1.807, 2.05) is 5.32 Å². The van der Waals surface area contributed by atoms with E-state index in [2.05, 4.69) is 0 Å². The Bertz CT molecular complexity index is 464. The van der Waals surface area contributed by atoms with Gasteiger partial charge in [-0.15, -0.1) is 0 Å². The number of carbonyl (C=O) groups is 2. The summed E-state index contributed by atoms with van der Waals surface area (Å²) < 4.78 is 25.5. The SMILES string of the molecule is O=C(Cc1ccc(F)c(F)c1)N[C@@H](CO)C(=O)O. The fourth-order valence-electron chi connectivity index (χ4n) is 1.27. The fraction of sp³-hybridized carbons (Fsp3) is 0.273. The van der Waals surface area contributed by atoms with Crippen molar-refractivity contribution < 1.29 is 28.6 Å². The highest BCUT2D eigenvalue weighted by Gasteiger charge is 2.18. The van der Waals surface area contributed by atoms with Gasteiger partial charge in [0.15, 0.2) is 11.6 Å². The van der Waals surface area contributed by atoms with Crippen LogP contribution in [0.3, 0.4) is 0 Å². The zero-order chi connectivity index (χ0) is 13.7. The Hall–Kier alpha value is -2.02. The molecule has 1 aromatic carbocycles. The lowest BCUT2D eigenvalue weighted by molar-refractivity contribution is -0.142. The second kappa shape index (κ2) is 6.06. The number of nitrogens with one attached hydrogen (secondary N) is 1. The quantitative estimate of drug-likeness (QED) is 0.698. The van der Waals surface area contributed by atoms with Crippen LogP contribution in [0.1, 0.15) is 5.56 Å². The minimum Gasteiger partial charge on any atom is -0.480 e. The average molecular weight is 259 g/mol. The largest absolute Gasteiger partial charge is 0.480 e. The molecule has 5 nitrogen and oxygen atoms in total. The number of amides is 1. The van der Waals surface area contributed by atoms with E-state index in [1.54, 1.807) is 0 Å². The maximum atomic E-state index is 12.8. The molecule has 0 saturated heterocycles. The number of carboxylic acids is 1. The van der Waals surface area contributed by atoms with Crippen LogP contribution in [0.4, 0.5) is 8.78 Å². The van der Waals surface area contributed by atoms with E-state index in [1.165, 1.54) is 6.07 Å². The Morgan fingerprint density at radius 1 is 1.28 bits per heavy atom. The first-order chi connectivity index (χ1) is 8.43. The Kier molecular flexibility index (Phi) is 4.73. The summed E-state index contributed by atoms with van der Waals surface area (Å²) >= 11 is 0. The summed E-state index contributed by atoms with van der Waals surface area (Å²) in [5.41, 5.74) is 0.202. The molecule has 0 radical (unpaired) electrons. The maximum Gasteiger partial charge on any atom is 0.328 e. The van der Waals surface area contributed by atoms with E-state index in [4.69, 9.17) is 10.2 Å². The molecule has 0 saturated carbocycles. The fourth-order valence-corrected chi connectivity index (χ4v) is 1.27. The van der Waals surface area contributed by atoms with Gasteiger partial charge in [-0.25, -0.2) is 13.6 Å². The van der Waals surface area contributed by atoms with Crippen LogP contribution in [0.5, 0.6) is 0 Å². The predicted molar refractivity (Wildman–Crippen MR) is 56.7 cm³/mol. The molecule has 0 fully saturated rings. The highest BCUT2D eigenvalue weighted by Crippen LogP contribution is 2.09. The van der Waals surface area contributed by atoms with Crippen molar-refractivity contribution in [3.63, 3.8) is 0 Å². The van der Waals surface area contributed by atoms with Crippen molar-refractivity contribution in [2.45, 2.75) is 12.5 Å². The molecule has 0 aliphatic carbocycles. The summed E-state index contributed by atoms with van der Waals surface area (Å²) in [6.07, 6.45) is -0.305. The summed E-state index contributed by atoms with van der Waals surface area (Å²) in [7, 11) is 0. The Morgan fingerprint density at radius 2 is 1.94 bits per heavy atom. The van der Waals surface area contributed by atoms with Gasteiger partial charge < -0.3 is 15.5 Å². The summed E-state index contributed by atoms with van der Waals surface area (Å²) in [5.74, 6) is -4.20. The lowest BCUT2D eigenvalue weighted by Crippen LogP contribution is -2.43. The van der Waals surface area contributed by atoms with Gasteiger partial charge in [0.05, 0.1) is 13.0 Å². The third kappa shape index (κ3) is 3.77. The van der Waals surface area contributed by atoms with E-state index in [0.717, 1.165) is 12.1 Å². The van der Waals surface area contributed by atoms with Gasteiger partial charge >= 0.3 is 5.97 Å². The number of halogens is 2. The van der Waals surface area contributed by atoms with Crippen molar-refractivity contribution in [1.82, 2.24) is 5.32 Å². The predicted octanol–water partition coefficient (Wildman–Crippen LogP) is 0.0690. The molecule has 0 bridgehead atoms. The minimum atomic E-state index is -1.41. The number of hydrogen-bond acceptors (Lipinski definition) is 3. The van der Waals surface area contributed by atoms with Gasteiger partial charge in [-0.05, 0) is 17.7 Å². The summed E-state index contributed by atoms with van der Waals surface area (Å²) in [5, 5.41) is 19.3. The minimum absolute atomic E-state index is 0.202. The first-order valence-electron chi connectivity index (χ1n) is 5.01. The van der Waals surface area contributed by atoms with Crippen LogP contribution in [0, 0.1) is 11.6 Å². The van der Waals surface area contributed by atoms with Crippen LogP contribution in [0.2, 0.25) is 0 Å². The first kappa shape index (κ1) is 14.0. The molecule has 1 aromatic rings. The molecule has 98 valence electrons. The highest BCUT2D eigenvalue weighted by molar-refractivity contribution is 5.84. The van der Waals surface area contributed by atoms with Crippen molar-refractivity contribution in [3.8, 4) is 0 Å². The normalized spacial score (nSPS) is 11.9. The molecule has 1 rings (SSSR count). The molecule has 0 aliphatic rings. The molecular weight excluding hydrogens is 248 g/mol. The highest BCUT2D eigenvalue weighted by atomic mass is 19.2. The smallest absolute Gasteiger partial charge is 0.328 e. The Labute approximate surface area is 101 Å². The number of rotatable bonds is 5. The third-order valence-electron chi connectivity index (χ3n) is 2.16. The Morgan fingerprint density at radius 3 is 2.44 bits per heavy atom. The lowest BCUT2D eigenvalue weighted by Gasteiger charge is -2.11. The van der Waals surface area contributed by atoms with Gasteiger partial charge in [0.25, 0.3) is 0 Å². The molecule has 0 heterocycles. The van der Waals surface area contributed by atoms with Gasteiger partial charge in [-0.3, -0.25) is 4.79 Å². The van der Waals surface area contributed by atoms with E-state index in [9.17, 15) is 18.4 Å². The van der Waals surface area contributed by atoms with Gasteiger partial charge in [0.1, 0.15) is 6.04 Å². The van der Waals surface area contributed by atoms with Crippen LogP contribution >= 0.6 is 0 Å². The third-order valence-corrected chi connectivity index (χ3v) is 2.16. The van der Waals surface area contributed by atoms with Crippen molar-refractivity contribution >= 4 is 11.9 Å². The standard InChI is InChI=1S/C11H11F2NO4/c12-7-2-1-6(3-8(7)13)4-10(16)14-9(5-15)11(17)18/h1-3,9,15H,4-5H2,(H,14,16)(H,17,18)/t9-/m0/s1. The Balaban J connectivity index is 2.64. The van der Waals surface area contributed by atoms with Gasteiger partial charge in [-0.1, -0.05) is 6.07 Å². The van der Waals surface area contributed by atoms with E-state index < -0.39 is 36.2 Å². The number of aliphatic carboxylic acids is 1. The van der Waals surface area contributed by atoms with E-state index in [0.29, 0.717) is 0 Å². The van der Waals surface area contributed by atoms with E-state index in [-0.39, 0.29) is 12.0 Å². The number of aliphatic hydroxyl groups is 1. The topological polar surface area (TPSA) is 86.6 Å². The van der Waals surface area contributed by atoms with Gasteiger partial charge in [0.2, 0.25) is 5.91 Å². The molecule has 1 atom stereocenters. The molecule has 0 unspecified atom stereocenters. The van der Waals surface area contributed by atoms with Crippen LogP contribution < -0.4 is 5.32 Å². The van der Waals surface area contributed by atoms with Crippen molar-refractivity contribution in [1.29, 1.82) is 0 Å². The van der Waals surface area contributed by atoms with Crippen LogP contribution in [0.15, 0.2) is 18.2 Å². The van der Waals surface area contributed by atoms with Crippen LogP contribution in [-0.4, -0.2) is 34.7 Å². The molecule has 0 spiro atoms. The lowest BCUT2D eigenvalue weighted by atomic mass is 10.1. The first-order valence-corrected chi connectivity index (χ1v) is 5.01. The van der Waals surface area contributed by atoms with Crippen molar-refractivity contribution in [2.75, 3.05) is 6.61 Å². The average Bonchev–Trinajstić information content (AvgIpc) is 2.30. The molecule has 3 N–H and O–H groups in total. The monoisotopic (exact) mass is 259 g/mol. The van der Waals surface area contributed by atoms with Gasteiger partial charge in [0, 0.05) is 0 Å². The zero-order valence-electron chi connectivity index (χ0n) is 9.19. The zero-order valence-corrected chi connectivity index (χ0v) is 9.19. The molecule has 0 aliphatic heterocycles. The summed E-state index contributed by atoms with van der Waals surface area (Å²) in [6.45, 7) is -0.751. The van der Waals surface area contributed by atoms with Crippen LogP contribution in [0.25, 0.3) is 0 Å². The maximum absolute atomic E-state index is 12.8. The molecule has 18 heavy (non-hydrogen) atoms. The van der Waals surface area contributed by atoms with Gasteiger partial charge in [-0.2, -0.15) is 0 Å². The molecule has 7 heteroatoms. The second-order valence-electron chi connectivity index (χ2n) is 3.57. The number of aliphatic hydroxyl groups excluding tert-OH is 1. The number of carbonyl (C=O) groups excluding carboxylic acids is 1. The van der Waals surface area contributed by atoms with Crippen LogP contribution in [-0.2, 0) is 16.0 Å². The van der Waals surface area contributed by atoms with Crippen molar-refractivity contribution in [2.24, 2.45) is 0 Å².